The summed E-state index contributed by atoms with van der Waals surface area (Å²) in [5, 5.41) is 16.6. The van der Waals surface area contributed by atoms with E-state index in [-0.39, 0.29) is 24.0 Å². The van der Waals surface area contributed by atoms with Crippen LogP contribution in [-0.4, -0.2) is 43.1 Å². The van der Waals surface area contributed by atoms with Gasteiger partial charge in [0.25, 0.3) is 5.91 Å². The van der Waals surface area contributed by atoms with E-state index in [4.69, 9.17) is 0 Å². The monoisotopic (exact) mass is 392 g/mol. The van der Waals surface area contributed by atoms with Gasteiger partial charge in [0.2, 0.25) is 11.9 Å². The van der Waals surface area contributed by atoms with Gasteiger partial charge in [0, 0.05) is 29.0 Å². The number of carbonyl (C=O) groups is 1. The maximum atomic E-state index is 12.9. The number of benzene rings is 1. The van der Waals surface area contributed by atoms with Crippen molar-refractivity contribution in [3.8, 4) is 0 Å². The summed E-state index contributed by atoms with van der Waals surface area (Å²) in [6.07, 6.45) is 4.79. The van der Waals surface area contributed by atoms with Gasteiger partial charge in [-0.15, -0.1) is 0 Å². The molecule has 0 spiro atoms. The normalized spacial score (nSPS) is 19.1. The molecule has 0 atom stereocenters. The first-order valence-corrected chi connectivity index (χ1v) is 9.82. The van der Waals surface area contributed by atoms with Crippen molar-refractivity contribution in [1.82, 2.24) is 19.9 Å². The number of para-hydroxylation sites is 1. The van der Waals surface area contributed by atoms with Crippen LogP contribution in [0.25, 0.3) is 10.9 Å². The fourth-order valence-electron chi connectivity index (χ4n) is 3.66. The first kappa shape index (κ1) is 19.2. The molecule has 0 radical (unpaired) electrons. The zero-order valence-corrected chi connectivity index (χ0v) is 16.5. The summed E-state index contributed by atoms with van der Waals surface area (Å²) in [5.41, 5.74) is 2.59. The largest absolute Gasteiger partial charge is 0.393 e. The second-order valence-corrected chi connectivity index (χ2v) is 7.52. The van der Waals surface area contributed by atoms with Crippen LogP contribution in [0.5, 0.6) is 0 Å². The predicted octanol–water partition coefficient (Wildman–Crippen LogP) is 3.00. The van der Waals surface area contributed by atoms with Gasteiger partial charge in [-0.05, 0) is 51.7 Å². The van der Waals surface area contributed by atoms with Gasteiger partial charge in [0.05, 0.1) is 17.2 Å². The number of aromatic nitrogens is 4. The molecule has 0 bridgehead atoms. The van der Waals surface area contributed by atoms with Crippen LogP contribution in [-0.2, 0) is 0 Å². The Labute approximate surface area is 168 Å². The summed E-state index contributed by atoms with van der Waals surface area (Å²) in [7, 11) is 0. The molecule has 0 saturated heterocycles. The first-order valence-electron chi connectivity index (χ1n) is 9.82. The third-order valence-corrected chi connectivity index (χ3v) is 5.09. The minimum Gasteiger partial charge on any atom is -0.393 e. The molecule has 2 aromatic heterocycles. The van der Waals surface area contributed by atoms with Crippen molar-refractivity contribution >= 4 is 28.7 Å². The average Bonchev–Trinajstić information content (AvgIpc) is 2.68. The maximum absolute atomic E-state index is 12.9. The number of aliphatic hydroxyl groups excluding tert-OH is 1. The van der Waals surface area contributed by atoms with Crippen LogP contribution >= 0.6 is 0 Å². The fourth-order valence-corrected chi connectivity index (χ4v) is 3.66. The molecule has 3 aromatic rings. The third kappa shape index (κ3) is 4.48. The highest BCUT2D eigenvalue weighted by Crippen LogP contribution is 2.23. The van der Waals surface area contributed by atoms with Crippen LogP contribution in [0, 0.1) is 13.8 Å². The third-order valence-electron chi connectivity index (χ3n) is 5.09. The Balaban J connectivity index is 1.59. The predicted molar refractivity (Wildman–Crippen MR) is 111 cm³/mol. The number of nitrogens with zero attached hydrogens (tertiary/aromatic N) is 4. The number of aryl methyl sites for hydroxylation is 2. The molecule has 1 aromatic carbocycles. The van der Waals surface area contributed by atoms with Crippen molar-refractivity contribution < 1.29 is 9.90 Å². The molecule has 1 amide bonds. The van der Waals surface area contributed by atoms with Crippen LogP contribution in [0.15, 0.2) is 30.5 Å². The summed E-state index contributed by atoms with van der Waals surface area (Å²) < 4.78 is 0. The van der Waals surface area contributed by atoms with Crippen molar-refractivity contribution in [1.29, 1.82) is 0 Å². The van der Waals surface area contributed by atoms with E-state index in [0.717, 1.165) is 42.5 Å². The summed E-state index contributed by atoms with van der Waals surface area (Å²) in [6.45, 7) is 3.72. The number of nitrogens with one attached hydrogen (secondary N) is 2. The fraction of sp³-hybridized carbons (Fsp3) is 0.381. The van der Waals surface area contributed by atoms with Gasteiger partial charge in [-0.2, -0.15) is 0 Å². The van der Waals surface area contributed by atoms with E-state index < -0.39 is 0 Å². The average molecular weight is 392 g/mol. The smallest absolute Gasteiger partial charge is 0.260 e. The highest BCUT2D eigenvalue weighted by molar-refractivity contribution is 6.11. The lowest BCUT2D eigenvalue weighted by Gasteiger charge is -2.26. The van der Waals surface area contributed by atoms with Crippen molar-refractivity contribution in [2.45, 2.75) is 51.7 Å². The lowest BCUT2D eigenvalue weighted by atomic mass is 9.93. The maximum Gasteiger partial charge on any atom is 0.260 e. The first-order chi connectivity index (χ1) is 14.0. The number of aliphatic hydroxyl groups is 1. The summed E-state index contributed by atoms with van der Waals surface area (Å²) >= 11 is 0. The van der Waals surface area contributed by atoms with E-state index in [2.05, 4.69) is 30.6 Å². The SMILES string of the molecule is Cc1cc(C)nc(NC(=O)c2cccc3cnc(N[C@H]4CC[C@H](O)CC4)nc23)n1. The second kappa shape index (κ2) is 8.08. The molecule has 1 aliphatic carbocycles. The number of carbonyl (C=O) groups excluding carboxylic acids is 1. The highest BCUT2D eigenvalue weighted by atomic mass is 16.3. The Morgan fingerprint density at radius 3 is 2.48 bits per heavy atom. The standard InChI is InChI=1S/C21H24N6O2/c1-12-10-13(2)24-21(23-12)27-19(29)17-5-3-4-14-11-22-20(26-18(14)17)25-15-6-8-16(28)9-7-15/h3-5,10-11,15-16,28H,6-9H2,1-2H3,(H,22,25,26)(H,23,24,27,29)/t15-,16-. The topological polar surface area (TPSA) is 113 Å². The minimum atomic E-state index is -0.314. The lowest BCUT2D eigenvalue weighted by Crippen LogP contribution is -2.29. The van der Waals surface area contributed by atoms with Crippen LogP contribution in [0.1, 0.15) is 47.4 Å². The van der Waals surface area contributed by atoms with Gasteiger partial charge in [0.15, 0.2) is 0 Å². The molecule has 8 nitrogen and oxygen atoms in total. The van der Waals surface area contributed by atoms with Crippen LogP contribution in [0.4, 0.5) is 11.9 Å². The zero-order valence-electron chi connectivity index (χ0n) is 16.5. The van der Waals surface area contributed by atoms with E-state index in [0.29, 0.717) is 17.0 Å². The molecule has 8 heteroatoms. The quantitative estimate of drug-likeness (QED) is 0.625. The van der Waals surface area contributed by atoms with Crippen molar-refractivity contribution in [2.75, 3.05) is 10.6 Å². The van der Waals surface area contributed by atoms with Crippen molar-refractivity contribution in [2.24, 2.45) is 0 Å². The van der Waals surface area contributed by atoms with E-state index in [9.17, 15) is 9.90 Å². The van der Waals surface area contributed by atoms with Gasteiger partial charge < -0.3 is 10.4 Å². The van der Waals surface area contributed by atoms with E-state index >= 15 is 0 Å². The van der Waals surface area contributed by atoms with Crippen LogP contribution in [0.2, 0.25) is 0 Å². The highest BCUT2D eigenvalue weighted by Gasteiger charge is 2.20. The van der Waals surface area contributed by atoms with Gasteiger partial charge in [-0.25, -0.2) is 19.9 Å². The van der Waals surface area contributed by atoms with Crippen LogP contribution < -0.4 is 10.6 Å². The second-order valence-electron chi connectivity index (χ2n) is 7.52. The molecule has 0 aliphatic heterocycles. The molecule has 1 saturated carbocycles. The van der Waals surface area contributed by atoms with E-state index in [1.807, 2.05) is 26.0 Å². The van der Waals surface area contributed by atoms with Crippen molar-refractivity contribution in [3.63, 3.8) is 0 Å². The van der Waals surface area contributed by atoms with Gasteiger partial charge in [-0.1, -0.05) is 12.1 Å². The zero-order chi connectivity index (χ0) is 20.4. The van der Waals surface area contributed by atoms with Gasteiger partial charge in [-0.3, -0.25) is 10.1 Å². The molecule has 1 fully saturated rings. The molecule has 1 aliphatic rings. The molecule has 3 N–H and O–H groups in total. The number of rotatable bonds is 4. The summed E-state index contributed by atoms with van der Waals surface area (Å²) in [5.74, 6) is 0.450. The summed E-state index contributed by atoms with van der Waals surface area (Å²) in [6, 6.07) is 7.48. The van der Waals surface area contributed by atoms with E-state index in [1.165, 1.54) is 0 Å². The lowest BCUT2D eigenvalue weighted by molar-refractivity contribution is 0.102. The minimum absolute atomic E-state index is 0.214. The van der Waals surface area contributed by atoms with Gasteiger partial charge in [0.1, 0.15) is 0 Å². The molecular weight excluding hydrogens is 368 g/mol. The van der Waals surface area contributed by atoms with E-state index in [1.54, 1.807) is 18.3 Å². The van der Waals surface area contributed by atoms with Crippen LogP contribution in [0.3, 0.4) is 0 Å². The number of fused-ring (bicyclic) bond motifs is 1. The molecular formula is C21H24N6O2. The Morgan fingerprint density at radius 1 is 1.03 bits per heavy atom. The van der Waals surface area contributed by atoms with Gasteiger partial charge >= 0.3 is 0 Å². The molecule has 4 rings (SSSR count). The number of hydrogen-bond donors (Lipinski definition) is 3. The Kier molecular flexibility index (Phi) is 5.35. The Morgan fingerprint density at radius 2 is 1.76 bits per heavy atom. The number of hydrogen-bond acceptors (Lipinski definition) is 7. The Hall–Kier alpha value is -3.13. The molecule has 0 unspecified atom stereocenters. The molecule has 150 valence electrons. The molecule has 29 heavy (non-hydrogen) atoms. The Bertz CT molecular complexity index is 1030. The molecule has 2 heterocycles. The van der Waals surface area contributed by atoms with Crippen molar-refractivity contribution in [3.05, 3.63) is 47.4 Å². The summed E-state index contributed by atoms with van der Waals surface area (Å²) in [4.78, 5) is 30.4. The number of anilines is 2. The number of amides is 1.